The second-order valence-corrected chi connectivity index (χ2v) is 8.38. The Morgan fingerprint density at radius 3 is 2.38 bits per heavy atom. The first-order valence-electron chi connectivity index (χ1n) is 10.9. The molecule has 2 heterocycles. The Hall–Kier alpha value is -3.48. The molecule has 5 nitrogen and oxygen atoms in total. The molecule has 0 bridgehead atoms. The molecule has 164 valence electrons. The van der Waals surface area contributed by atoms with E-state index in [2.05, 4.69) is 15.3 Å². The van der Waals surface area contributed by atoms with E-state index in [-0.39, 0.29) is 12.3 Å². The molecule has 1 aliphatic rings. The van der Waals surface area contributed by atoms with Gasteiger partial charge in [0, 0.05) is 18.7 Å². The minimum absolute atomic E-state index is 0.169. The number of halogens is 2. The lowest BCUT2D eigenvalue weighted by atomic mass is 9.95. The van der Waals surface area contributed by atoms with Crippen LogP contribution in [0.5, 0.6) is 5.75 Å². The maximum absolute atomic E-state index is 13.9. The number of rotatable bonds is 5. The molecular weight excluding hydrogens is 410 g/mol. The summed E-state index contributed by atoms with van der Waals surface area (Å²) < 4.78 is 29.6. The van der Waals surface area contributed by atoms with Crippen molar-refractivity contribution in [2.45, 2.75) is 44.7 Å². The van der Waals surface area contributed by atoms with E-state index in [0.29, 0.717) is 17.3 Å². The molecule has 2 N–H and O–H groups in total. The Morgan fingerprint density at radius 1 is 0.938 bits per heavy atom. The van der Waals surface area contributed by atoms with Gasteiger partial charge in [-0.1, -0.05) is 19.3 Å². The van der Waals surface area contributed by atoms with Gasteiger partial charge in [0.15, 0.2) is 0 Å². The summed E-state index contributed by atoms with van der Waals surface area (Å²) in [5.41, 5.74) is 2.88. The monoisotopic (exact) mass is 434 g/mol. The highest BCUT2D eigenvalue weighted by Gasteiger charge is 2.19. The third-order valence-corrected chi connectivity index (χ3v) is 6.06. The van der Waals surface area contributed by atoms with E-state index in [0.717, 1.165) is 41.4 Å². The maximum atomic E-state index is 13.9. The van der Waals surface area contributed by atoms with Crippen LogP contribution in [0.15, 0.2) is 54.9 Å². The Morgan fingerprint density at radius 2 is 1.66 bits per heavy atom. The smallest absolute Gasteiger partial charge is 0.146 e. The Bertz CT molecular complexity index is 1230. The molecule has 0 radical (unpaired) electrons. The van der Waals surface area contributed by atoms with Gasteiger partial charge in [0.05, 0.1) is 11.1 Å². The van der Waals surface area contributed by atoms with Gasteiger partial charge >= 0.3 is 0 Å². The average molecular weight is 434 g/mol. The highest BCUT2D eigenvalue weighted by atomic mass is 19.1. The Balaban J connectivity index is 1.62. The van der Waals surface area contributed by atoms with Gasteiger partial charge in [0.1, 0.15) is 35.2 Å². The van der Waals surface area contributed by atoms with Crippen LogP contribution in [0, 0.1) is 11.6 Å². The van der Waals surface area contributed by atoms with Gasteiger partial charge < -0.3 is 15.0 Å². The van der Waals surface area contributed by atoms with Gasteiger partial charge in [0.2, 0.25) is 0 Å². The van der Waals surface area contributed by atoms with Crippen LogP contribution in [0.3, 0.4) is 0 Å². The summed E-state index contributed by atoms with van der Waals surface area (Å²) >= 11 is 0. The summed E-state index contributed by atoms with van der Waals surface area (Å²) in [5.74, 6) is -0.289. The lowest BCUT2D eigenvalue weighted by Gasteiger charge is -2.23. The van der Waals surface area contributed by atoms with E-state index >= 15 is 0 Å². The molecule has 0 saturated heterocycles. The summed E-state index contributed by atoms with van der Waals surface area (Å²) in [6.45, 7) is 0.244. The third-order valence-electron chi connectivity index (χ3n) is 6.06. The lowest BCUT2D eigenvalue weighted by molar-refractivity contribution is 0.462. The second kappa shape index (κ2) is 8.57. The van der Waals surface area contributed by atoms with Crippen LogP contribution < -0.4 is 5.32 Å². The van der Waals surface area contributed by atoms with Crippen LogP contribution in [0.1, 0.15) is 37.7 Å². The van der Waals surface area contributed by atoms with E-state index in [1.165, 1.54) is 37.7 Å². The molecule has 0 spiro atoms. The van der Waals surface area contributed by atoms with Gasteiger partial charge in [-0.3, -0.25) is 0 Å². The number of nitrogens with zero attached hydrogens (tertiary/aromatic N) is 3. The quantitative estimate of drug-likeness (QED) is 0.412. The second-order valence-electron chi connectivity index (χ2n) is 8.38. The number of benzene rings is 2. The summed E-state index contributed by atoms with van der Waals surface area (Å²) in [5, 5.41) is 14.2. The van der Waals surface area contributed by atoms with E-state index in [9.17, 15) is 13.9 Å². The Labute approximate surface area is 184 Å². The summed E-state index contributed by atoms with van der Waals surface area (Å²) in [4.78, 5) is 9.02. The number of anilines is 1. The number of hydrogen-bond acceptors (Lipinski definition) is 4. The normalized spacial score (nSPS) is 14.7. The topological polar surface area (TPSA) is 63.0 Å². The van der Waals surface area contributed by atoms with Crippen LogP contribution in [0.4, 0.5) is 14.6 Å². The van der Waals surface area contributed by atoms with E-state index in [1.807, 2.05) is 22.8 Å². The minimum Gasteiger partial charge on any atom is -0.508 e. The van der Waals surface area contributed by atoms with Crippen molar-refractivity contribution in [2.75, 3.05) is 5.32 Å². The first kappa shape index (κ1) is 20.4. The molecule has 0 aliphatic heterocycles. The van der Waals surface area contributed by atoms with Crippen molar-refractivity contribution in [3.8, 4) is 17.0 Å². The molecule has 2 aromatic heterocycles. The molecule has 1 aliphatic carbocycles. The number of fused-ring (bicyclic) bond motifs is 1. The summed E-state index contributed by atoms with van der Waals surface area (Å²) in [7, 11) is 0. The number of phenols is 1. The Kier molecular flexibility index (Phi) is 5.47. The minimum atomic E-state index is -0.614. The lowest BCUT2D eigenvalue weighted by Crippen LogP contribution is -2.22. The van der Waals surface area contributed by atoms with Gasteiger partial charge in [-0.15, -0.1) is 0 Å². The van der Waals surface area contributed by atoms with Crippen molar-refractivity contribution in [1.29, 1.82) is 0 Å². The molecule has 0 atom stereocenters. The number of nitrogens with one attached hydrogen (secondary N) is 1. The van der Waals surface area contributed by atoms with Crippen LogP contribution in [0.25, 0.3) is 22.3 Å². The summed E-state index contributed by atoms with van der Waals surface area (Å²) in [6, 6.07) is 12.8. The average Bonchev–Trinajstić information content (AvgIpc) is 3.14. The van der Waals surface area contributed by atoms with Crippen molar-refractivity contribution in [3.63, 3.8) is 0 Å². The van der Waals surface area contributed by atoms with Crippen molar-refractivity contribution in [3.05, 3.63) is 72.1 Å². The van der Waals surface area contributed by atoms with E-state index < -0.39 is 11.6 Å². The SMILES string of the molecule is Oc1ccc(-c2cc3c(NC4CCCCC4)ncnc3n2Cc2cc(F)cc(F)c2)cc1. The standard InChI is InChI=1S/C25H24F2N4O/c26-18-10-16(11-19(27)12-18)14-31-23(17-6-8-21(32)9-7-17)13-22-24(28-15-29-25(22)31)30-20-4-2-1-3-5-20/h6-13,15,20,32H,1-5,14H2,(H,28,29,30). The first-order chi connectivity index (χ1) is 15.6. The van der Waals surface area contributed by atoms with Crippen LogP contribution in [0.2, 0.25) is 0 Å². The van der Waals surface area contributed by atoms with Gasteiger partial charge in [0.25, 0.3) is 0 Å². The number of aromatic hydroxyl groups is 1. The van der Waals surface area contributed by atoms with Gasteiger partial charge in [-0.25, -0.2) is 18.7 Å². The number of hydrogen-bond donors (Lipinski definition) is 2. The molecule has 1 fully saturated rings. The molecule has 7 heteroatoms. The van der Waals surface area contributed by atoms with Crippen molar-refractivity contribution < 1.29 is 13.9 Å². The fraction of sp³-hybridized carbons (Fsp3) is 0.280. The van der Waals surface area contributed by atoms with E-state index in [1.54, 1.807) is 12.1 Å². The fourth-order valence-electron chi connectivity index (χ4n) is 4.53. The van der Waals surface area contributed by atoms with Crippen LogP contribution in [-0.4, -0.2) is 25.7 Å². The summed E-state index contributed by atoms with van der Waals surface area (Å²) in [6.07, 6.45) is 7.42. The predicted molar refractivity (Wildman–Crippen MR) is 121 cm³/mol. The molecular formula is C25H24F2N4O. The largest absolute Gasteiger partial charge is 0.508 e. The molecule has 2 aromatic carbocycles. The molecule has 0 unspecified atom stereocenters. The zero-order valence-corrected chi connectivity index (χ0v) is 17.6. The van der Waals surface area contributed by atoms with Crippen molar-refractivity contribution >= 4 is 16.9 Å². The fourth-order valence-corrected chi connectivity index (χ4v) is 4.53. The zero-order chi connectivity index (χ0) is 22.1. The number of phenolic OH excluding ortho intramolecular Hbond substituents is 1. The third kappa shape index (κ3) is 4.15. The van der Waals surface area contributed by atoms with Crippen molar-refractivity contribution in [1.82, 2.24) is 14.5 Å². The van der Waals surface area contributed by atoms with Crippen molar-refractivity contribution in [2.24, 2.45) is 0 Å². The van der Waals surface area contributed by atoms with Crippen LogP contribution in [-0.2, 0) is 6.54 Å². The highest BCUT2D eigenvalue weighted by Crippen LogP contribution is 2.33. The van der Waals surface area contributed by atoms with Gasteiger partial charge in [-0.2, -0.15) is 0 Å². The number of aromatic nitrogens is 3. The van der Waals surface area contributed by atoms with E-state index in [4.69, 9.17) is 0 Å². The molecule has 0 amide bonds. The zero-order valence-electron chi connectivity index (χ0n) is 17.6. The maximum Gasteiger partial charge on any atom is 0.146 e. The van der Waals surface area contributed by atoms with Gasteiger partial charge in [-0.05, 0) is 66.4 Å². The first-order valence-corrected chi connectivity index (χ1v) is 10.9. The molecule has 1 saturated carbocycles. The molecule has 5 rings (SSSR count). The molecule has 4 aromatic rings. The van der Waals surface area contributed by atoms with Crippen LogP contribution >= 0.6 is 0 Å². The predicted octanol–water partition coefficient (Wildman–Crippen LogP) is 5.88. The molecule has 32 heavy (non-hydrogen) atoms. The highest BCUT2D eigenvalue weighted by molar-refractivity contribution is 5.92.